The van der Waals surface area contributed by atoms with Gasteiger partial charge in [0, 0.05) is 17.8 Å². The van der Waals surface area contributed by atoms with Gasteiger partial charge in [0.25, 0.3) is 0 Å². The van der Waals surface area contributed by atoms with Crippen molar-refractivity contribution in [1.29, 1.82) is 5.26 Å². The Morgan fingerprint density at radius 1 is 1.20 bits per heavy atom. The Labute approximate surface area is 124 Å². The standard InChI is InChI=1S/C16H16ClN3/c1-11-4-5-14(10-18)16(19-11)20(3)12(2)13-6-8-15(17)9-7-13/h4-9,12H,1-3H3. The van der Waals surface area contributed by atoms with Gasteiger partial charge < -0.3 is 4.90 Å². The van der Waals surface area contributed by atoms with E-state index in [9.17, 15) is 5.26 Å². The summed E-state index contributed by atoms with van der Waals surface area (Å²) in [4.78, 5) is 6.49. The van der Waals surface area contributed by atoms with Gasteiger partial charge in [-0.25, -0.2) is 4.98 Å². The molecule has 0 aliphatic rings. The van der Waals surface area contributed by atoms with Crippen LogP contribution in [0.15, 0.2) is 36.4 Å². The van der Waals surface area contributed by atoms with Gasteiger partial charge in [-0.2, -0.15) is 5.26 Å². The molecule has 1 heterocycles. The first-order valence-electron chi connectivity index (χ1n) is 6.39. The van der Waals surface area contributed by atoms with E-state index in [4.69, 9.17) is 11.6 Å². The number of pyridine rings is 1. The molecule has 1 unspecified atom stereocenters. The Bertz CT molecular complexity index is 644. The molecule has 0 aliphatic carbocycles. The highest BCUT2D eigenvalue weighted by atomic mass is 35.5. The van der Waals surface area contributed by atoms with E-state index >= 15 is 0 Å². The lowest BCUT2D eigenvalue weighted by Gasteiger charge is -2.27. The van der Waals surface area contributed by atoms with Crippen LogP contribution in [0.25, 0.3) is 0 Å². The molecule has 0 aliphatic heterocycles. The van der Waals surface area contributed by atoms with Gasteiger partial charge in [-0.05, 0) is 43.7 Å². The fourth-order valence-electron chi connectivity index (χ4n) is 2.05. The zero-order valence-corrected chi connectivity index (χ0v) is 12.5. The van der Waals surface area contributed by atoms with Crippen molar-refractivity contribution in [2.45, 2.75) is 19.9 Å². The predicted molar refractivity (Wildman–Crippen MR) is 82.0 cm³/mol. The van der Waals surface area contributed by atoms with Gasteiger partial charge in [-0.1, -0.05) is 23.7 Å². The number of rotatable bonds is 3. The van der Waals surface area contributed by atoms with Crippen LogP contribution >= 0.6 is 11.6 Å². The first kappa shape index (κ1) is 14.4. The summed E-state index contributed by atoms with van der Waals surface area (Å²) < 4.78 is 0. The molecule has 1 atom stereocenters. The maximum absolute atomic E-state index is 9.21. The minimum absolute atomic E-state index is 0.105. The second kappa shape index (κ2) is 5.94. The summed E-state index contributed by atoms with van der Waals surface area (Å²) in [6.07, 6.45) is 0. The quantitative estimate of drug-likeness (QED) is 0.852. The van der Waals surface area contributed by atoms with Gasteiger partial charge in [-0.15, -0.1) is 0 Å². The molecule has 0 saturated carbocycles. The number of nitriles is 1. The molecular formula is C16H16ClN3. The average molecular weight is 286 g/mol. The van der Waals surface area contributed by atoms with E-state index in [1.54, 1.807) is 0 Å². The molecule has 0 bridgehead atoms. The molecule has 2 aromatic rings. The molecule has 0 radical (unpaired) electrons. The second-order valence-corrected chi connectivity index (χ2v) is 5.21. The third-order valence-electron chi connectivity index (χ3n) is 3.40. The van der Waals surface area contributed by atoms with E-state index < -0.39 is 0 Å². The third kappa shape index (κ3) is 2.92. The normalized spacial score (nSPS) is 11.8. The van der Waals surface area contributed by atoms with Gasteiger partial charge in [0.1, 0.15) is 11.9 Å². The molecule has 0 spiro atoms. The SMILES string of the molecule is Cc1ccc(C#N)c(N(C)C(C)c2ccc(Cl)cc2)n1. The summed E-state index contributed by atoms with van der Waals surface area (Å²) in [5.41, 5.74) is 2.61. The fourth-order valence-corrected chi connectivity index (χ4v) is 2.17. The van der Waals surface area contributed by atoms with E-state index in [1.807, 2.05) is 55.3 Å². The number of hydrogen-bond donors (Lipinski definition) is 0. The first-order chi connectivity index (χ1) is 9.52. The number of benzene rings is 1. The topological polar surface area (TPSA) is 39.9 Å². The maximum atomic E-state index is 9.21. The summed E-state index contributed by atoms with van der Waals surface area (Å²) in [6.45, 7) is 4.00. The van der Waals surface area contributed by atoms with E-state index in [2.05, 4.69) is 18.0 Å². The molecule has 4 heteroatoms. The van der Waals surface area contributed by atoms with Crippen LogP contribution in [0.1, 0.15) is 29.8 Å². The summed E-state index contributed by atoms with van der Waals surface area (Å²) >= 11 is 5.91. The van der Waals surface area contributed by atoms with Crippen molar-refractivity contribution in [3.05, 3.63) is 58.2 Å². The summed E-state index contributed by atoms with van der Waals surface area (Å²) in [6, 6.07) is 13.7. The molecule has 3 nitrogen and oxygen atoms in total. The predicted octanol–water partition coefficient (Wildman–Crippen LogP) is 4.11. The second-order valence-electron chi connectivity index (χ2n) is 4.77. The van der Waals surface area contributed by atoms with Crippen molar-refractivity contribution in [2.75, 3.05) is 11.9 Å². The average Bonchev–Trinajstić information content (AvgIpc) is 2.46. The number of anilines is 1. The monoisotopic (exact) mass is 285 g/mol. The lowest BCUT2D eigenvalue weighted by Crippen LogP contribution is -2.23. The van der Waals surface area contributed by atoms with Crippen molar-refractivity contribution >= 4 is 17.4 Å². The molecular weight excluding hydrogens is 270 g/mol. The Morgan fingerprint density at radius 2 is 1.85 bits per heavy atom. The fraction of sp³-hybridized carbons (Fsp3) is 0.250. The van der Waals surface area contributed by atoms with Gasteiger partial charge in [0.15, 0.2) is 0 Å². The van der Waals surface area contributed by atoms with Crippen LogP contribution in [0.4, 0.5) is 5.82 Å². The Morgan fingerprint density at radius 3 is 2.45 bits per heavy atom. The molecule has 1 aromatic heterocycles. The number of aryl methyl sites for hydroxylation is 1. The molecule has 102 valence electrons. The molecule has 0 saturated heterocycles. The van der Waals surface area contributed by atoms with Crippen LogP contribution in [0.5, 0.6) is 0 Å². The highest BCUT2D eigenvalue weighted by Crippen LogP contribution is 2.27. The number of halogens is 1. The first-order valence-corrected chi connectivity index (χ1v) is 6.76. The molecule has 0 N–H and O–H groups in total. The maximum Gasteiger partial charge on any atom is 0.147 e. The van der Waals surface area contributed by atoms with Crippen LogP contribution in [-0.4, -0.2) is 12.0 Å². The van der Waals surface area contributed by atoms with Gasteiger partial charge >= 0.3 is 0 Å². The Kier molecular flexibility index (Phi) is 4.26. The highest BCUT2D eigenvalue weighted by molar-refractivity contribution is 6.30. The molecule has 0 amide bonds. The van der Waals surface area contributed by atoms with E-state index in [-0.39, 0.29) is 6.04 Å². The van der Waals surface area contributed by atoms with Crippen LogP contribution < -0.4 is 4.90 Å². The molecule has 0 fully saturated rings. The van der Waals surface area contributed by atoms with Crippen molar-refractivity contribution in [3.63, 3.8) is 0 Å². The third-order valence-corrected chi connectivity index (χ3v) is 3.65. The van der Waals surface area contributed by atoms with E-state index in [0.717, 1.165) is 16.3 Å². The van der Waals surface area contributed by atoms with E-state index in [1.165, 1.54) is 0 Å². The Hall–Kier alpha value is -2.05. The van der Waals surface area contributed by atoms with Crippen LogP contribution in [0, 0.1) is 18.3 Å². The lowest BCUT2D eigenvalue weighted by atomic mass is 10.1. The number of hydrogen-bond acceptors (Lipinski definition) is 3. The van der Waals surface area contributed by atoms with E-state index in [0.29, 0.717) is 11.4 Å². The molecule has 1 aromatic carbocycles. The van der Waals surface area contributed by atoms with Crippen molar-refractivity contribution in [1.82, 2.24) is 4.98 Å². The van der Waals surface area contributed by atoms with Gasteiger partial charge in [-0.3, -0.25) is 0 Å². The number of aromatic nitrogens is 1. The van der Waals surface area contributed by atoms with Crippen LogP contribution in [0.2, 0.25) is 5.02 Å². The summed E-state index contributed by atoms with van der Waals surface area (Å²) in [5.74, 6) is 0.704. The van der Waals surface area contributed by atoms with Crippen LogP contribution in [0.3, 0.4) is 0 Å². The van der Waals surface area contributed by atoms with Gasteiger partial charge in [0.05, 0.1) is 11.6 Å². The van der Waals surface area contributed by atoms with Crippen LogP contribution in [-0.2, 0) is 0 Å². The van der Waals surface area contributed by atoms with Crippen molar-refractivity contribution in [3.8, 4) is 6.07 Å². The smallest absolute Gasteiger partial charge is 0.147 e. The molecule has 20 heavy (non-hydrogen) atoms. The minimum Gasteiger partial charge on any atom is -0.352 e. The zero-order chi connectivity index (χ0) is 14.7. The summed E-state index contributed by atoms with van der Waals surface area (Å²) in [7, 11) is 1.95. The summed E-state index contributed by atoms with van der Waals surface area (Å²) in [5, 5.41) is 9.93. The molecule has 2 rings (SSSR count). The van der Waals surface area contributed by atoms with Gasteiger partial charge in [0.2, 0.25) is 0 Å². The Balaban J connectivity index is 2.36. The van der Waals surface area contributed by atoms with Crippen molar-refractivity contribution < 1.29 is 0 Å². The number of nitrogens with zero attached hydrogens (tertiary/aromatic N) is 3. The van der Waals surface area contributed by atoms with Crippen molar-refractivity contribution in [2.24, 2.45) is 0 Å². The minimum atomic E-state index is 0.105. The largest absolute Gasteiger partial charge is 0.352 e. The lowest BCUT2D eigenvalue weighted by molar-refractivity contribution is 0.726. The zero-order valence-electron chi connectivity index (χ0n) is 11.8. The highest BCUT2D eigenvalue weighted by Gasteiger charge is 2.16.